The summed E-state index contributed by atoms with van der Waals surface area (Å²) in [7, 11) is 0. The lowest BCUT2D eigenvalue weighted by atomic mass is 10.3. The minimum absolute atomic E-state index is 0.827. The minimum Gasteiger partial charge on any atom is -0.468 e. The molecule has 0 radical (unpaired) electrons. The monoisotopic (exact) mass is 257 g/mol. The number of ether oxygens (including phenoxy) is 1. The second-order valence-corrected chi connectivity index (χ2v) is 4.98. The molecule has 0 saturated heterocycles. The first-order valence-corrected chi connectivity index (χ1v) is 7.28. The maximum absolute atomic E-state index is 5.28. The number of hydrogen-bond donors (Lipinski definition) is 1. The summed E-state index contributed by atoms with van der Waals surface area (Å²) in [6.07, 6.45) is 4.09. The molecule has 1 heterocycles. The zero-order chi connectivity index (χ0) is 12.3. The van der Waals surface area contributed by atoms with Crippen LogP contribution in [-0.4, -0.2) is 32.1 Å². The summed E-state index contributed by atoms with van der Waals surface area (Å²) in [5.74, 6) is 2.11. The van der Waals surface area contributed by atoms with Crippen LogP contribution in [0.4, 0.5) is 0 Å². The molecule has 1 rings (SSSR count). The summed E-state index contributed by atoms with van der Waals surface area (Å²) in [5, 5.41) is 3.44. The number of thioether (sulfide) groups is 1. The fourth-order valence-corrected chi connectivity index (χ4v) is 2.35. The lowest BCUT2D eigenvalue weighted by Gasteiger charge is -2.04. The lowest BCUT2D eigenvalue weighted by molar-refractivity contribution is 0.143. The summed E-state index contributed by atoms with van der Waals surface area (Å²) in [6, 6.07) is 2.03. The van der Waals surface area contributed by atoms with Crippen molar-refractivity contribution in [3.05, 3.63) is 18.1 Å². The van der Waals surface area contributed by atoms with E-state index in [4.69, 9.17) is 9.15 Å². The van der Waals surface area contributed by atoms with Gasteiger partial charge in [-0.05, 0) is 39.3 Å². The van der Waals surface area contributed by atoms with E-state index in [0.29, 0.717) is 0 Å². The Morgan fingerprint density at radius 3 is 2.94 bits per heavy atom. The van der Waals surface area contributed by atoms with Crippen molar-refractivity contribution in [2.24, 2.45) is 0 Å². The summed E-state index contributed by atoms with van der Waals surface area (Å²) in [6.45, 7) is 7.88. The van der Waals surface area contributed by atoms with Crippen molar-refractivity contribution in [2.75, 3.05) is 32.1 Å². The quantitative estimate of drug-likeness (QED) is 0.516. The third-order valence-electron chi connectivity index (χ3n) is 2.44. The van der Waals surface area contributed by atoms with E-state index < -0.39 is 0 Å². The molecule has 0 spiro atoms. The average Bonchev–Trinajstić information content (AvgIpc) is 2.73. The van der Waals surface area contributed by atoms with Crippen molar-refractivity contribution in [1.82, 2.24) is 5.32 Å². The van der Waals surface area contributed by atoms with E-state index in [-0.39, 0.29) is 0 Å². The molecule has 98 valence electrons. The van der Waals surface area contributed by atoms with Crippen LogP contribution in [0.15, 0.2) is 21.6 Å². The number of aryl methyl sites for hydroxylation is 1. The van der Waals surface area contributed by atoms with Gasteiger partial charge in [0.25, 0.3) is 0 Å². The lowest BCUT2D eigenvalue weighted by Crippen LogP contribution is -2.18. The zero-order valence-corrected chi connectivity index (χ0v) is 11.6. The van der Waals surface area contributed by atoms with Crippen LogP contribution in [0.2, 0.25) is 0 Å². The van der Waals surface area contributed by atoms with Crippen LogP contribution < -0.4 is 5.32 Å². The van der Waals surface area contributed by atoms with Gasteiger partial charge >= 0.3 is 0 Å². The highest BCUT2D eigenvalue weighted by atomic mass is 32.2. The van der Waals surface area contributed by atoms with Crippen LogP contribution in [0.5, 0.6) is 0 Å². The van der Waals surface area contributed by atoms with Crippen molar-refractivity contribution >= 4 is 11.8 Å². The van der Waals surface area contributed by atoms with E-state index in [9.17, 15) is 0 Å². The molecule has 0 amide bonds. The molecule has 1 aromatic rings. The number of hydrogen-bond acceptors (Lipinski definition) is 4. The highest BCUT2D eigenvalue weighted by molar-refractivity contribution is 7.99. The first-order chi connectivity index (χ1) is 8.34. The number of furan rings is 1. The predicted molar refractivity (Wildman–Crippen MR) is 72.8 cm³/mol. The third-order valence-corrected chi connectivity index (χ3v) is 3.59. The van der Waals surface area contributed by atoms with Crippen LogP contribution in [0.1, 0.15) is 25.5 Å². The van der Waals surface area contributed by atoms with Crippen LogP contribution in [0.3, 0.4) is 0 Å². The molecule has 0 aliphatic rings. The van der Waals surface area contributed by atoms with Crippen LogP contribution >= 0.6 is 11.8 Å². The fourth-order valence-electron chi connectivity index (χ4n) is 1.48. The molecule has 0 atom stereocenters. The molecule has 0 unspecified atom stereocenters. The van der Waals surface area contributed by atoms with Gasteiger partial charge in [-0.25, -0.2) is 0 Å². The topological polar surface area (TPSA) is 34.4 Å². The van der Waals surface area contributed by atoms with E-state index in [1.54, 1.807) is 6.26 Å². The van der Waals surface area contributed by atoms with Gasteiger partial charge in [-0.15, -0.1) is 11.8 Å². The molecule has 17 heavy (non-hydrogen) atoms. The van der Waals surface area contributed by atoms with Crippen LogP contribution in [0.25, 0.3) is 0 Å². The maximum Gasteiger partial charge on any atom is 0.114 e. The Balaban J connectivity index is 1.86. The van der Waals surface area contributed by atoms with Gasteiger partial charge in [-0.2, -0.15) is 0 Å². The second kappa shape index (κ2) is 9.57. The van der Waals surface area contributed by atoms with Gasteiger partial charge in [0.15, 0.2) is 0 Å². The summed E-state index contributed by atoms with van der Waals surface area (Å²) in [4.78, 5) is 1.25. The standard InChI is InChI=1S/C13H23NO2S/c1-3-15-9-5-4-7-14-8-11-17-13-6-10-16-12(13)2/h6,10,14H,3-5,7-9,11H2,1-2H3. The Hall–Kier alpha value is -0.450. The molecule has 1 aromatic heterocycles. The van der Waals surface area contributed by atoms with E-state index in [1.807, 2.05) is 31.7 Å². The molecule has 0 aliphatic carbocycles. The number of unbranched alkanes of at least 4 members (excludes halogenated alkanes) is 1. The van der Waals surface area contributed by atoms with Crippen LogP contribution in [0, 0.1) is 6.92 Å². The number of nitrogens with one attached hydrogen (secondary N) is 1. The Bertz CT molecular complexity index is 289. The molecular formula is C13H23NO2S. The summed E-state index contributed by atoms with van der Waals surface area (Å²) >= 11 is 1.84. The molecule has 0 bridgehead atoms. The molecule has 0 fully saturated rings. The van der Waals surface area contributed by atoms with Crippen molar-refractivity contribution in [3.63, 3.8) is 0 Å². The molecule has 0 aromatic carbocycles. The van der Waals surface area contributed by atoms with Gasteiger partial charge < -0.3 is 14.5 Å². The first kappa shape index (κ1) is 14.6. The largest absolute Gasteiger partial charge is 0.468 e. The number of rotatable bonds is 10. The molecule has 0 aliphatic heterocycles. The Morgan fingerprint density at radius 1 is 1.35 bits per heavy atom. The first-order valence-electron chi connectivity index (χ1n) is 6.30. The molecule has 4 heteroatoms. The highest BCUT2D eigenvalue weighted by Gasteiger charge is 2.00. The van der Waals surface area contributed by atoms with Gasteiger partial charge in [0, 0.05) is 30.4 Å². The highest BCUT2D eigenvalue weighted by Crippen LogP contribution is 2.22. The van der Waals surface area contributed by atoms with Gasteiger partial charge in [0.05, 0.1) is 6.26 Å². The third kappa shape index (κ3) is 6.76. The Labute approximate surface area is 108 Å². The van der Waals surface area contributed by atoms with E-state index in [0.717, 1.165) is 44.2 Å². The Morgan fingerprint density at radius 2 is 2.24 bits per heavy atom. The average molecular weight is 257 g/mol. The Kier molecular flexibility index (Phi) is 8.22. The van der Waals surface area contributed by atoms with E-state index >= 15 is 0 Å². The van der Waals surface area contributed by atoms with E-state index in [1.165, 1.54) is 11.3 Å². The van der Waals surface area contributed by atoms with Crippen molar-refractivity contribution in [3.8, 4) is 0 Å². The van der Waals surface area contributed by atoms with E-state index in [2.05, 4.69) is 5.32 Å². The predicted octanol–water partition coefficient (Wildman–Crippen LogP) is 3.09. The van der Waals surface area contributed by atoms with Gasteiger partial charge in [0.1, 0.15) is 5.76 Å². The van der Waals surface area contributed by atoms with Crippen molar-refractivity contribution in [1.29, 1.82) is 0 Å². The van der Waals surface area contributed by atoms with Crippen molar-refractivity contribution < 1.29 is 9.15 Å². The minimum atomic E-state index is 0.827. The van der Waals surface area contributed by atoms with Gasteiger partial charge in [-0.1, -0.05) is 0 Å². The maximum atomic E-state index is 5.28. The summed E-state index contributed by atoms with van der Waals surface area (Å²) < 4.78 is 10.5. The zero-order valence-electron chi connectivity index (χ0n) is 10.8. The molecular weight excluding hydrogens is 234 g/mol. The molecule has 0 saturated carbocycles. The molecule has 1 N–H and O–H groups in total. The van der Waals surface area contributed by atoms with Gasteiger partial charge in [-0.3, -0.25) is 0 Å². The van der Waals surface area contributed by atoms with Gasteiger partial charge in [0.2, 0.25) is 0 Å². The molecule has 3 nitrogen and oxygen atoms in total. The SMILES string of the molecule is CCOCCCCNCCSc1ccoc1C. The smallest absolute Gasteiger partial charge is 0.114 e. The fraction of sp³-hybridized carbons (Fsp3) is 0.692. The van der Waals surface area contributed by atoms with Crippen molar-refractivity contribution in [2.45, 2.75) is 31.6 Å². The normalized spacial score (nSPS) is 10.9. The van der Waals surface area contributed by atoms with Crippen LogP contribution in [-0.2, 0) is 4.74 Å². The summed E-state index contributed by atoms with van der Waals surface area (Å²) in [5.41, 5.74) is 0. The second-order valence-electron chi connectivity index (χ2n) is 3.84.